The largest absolute Gasteiger partial charge is 0.362 e. The molecule has 0 aliphatic rings. The molecule has 0 aromatic carbocycles. The summed E-state index contributed by atoms with van der Waals surface area (Å²) in [6.45, 7) is 7.13. The van der Waals surface area contributed by atoms with Crippen LogP contribution in [0.4, 0.5) is 0 Å². The van der Waals surface area contributed by atoms with Gasteiger partial charge in [0, 0.05) is 24.0 Å². The first-order valence-corrected chi connectivity index (χ1v) is 6.60. The third-order valence-corrected chi connectivity index (χ3v) is 3.00. The number of aryl methyl sites for hydroxylation is 2. The van der Waals surface area contributed by atoms with Gasteiger partial charge in [-0.05, 0) is 32.9 Å². The van der Waals surface area contributed by atoms with Crippen LogP contribution in [0.1, 0.15) is 35.1 Å². The summed E-state index contributed by atoms with van der Waals surface area (Å²) < 4.78 is 0. The Bertz CT molecular complexity index is 452. The van der Waals surface area contributed by atoms with Crippen LogP contribution in [0.25, 0.3) is 0 Å². The average Bonchev–Trinajstić information content (AvgIpc) is 2.68. The normalized spacial score (nSPS) is 10.8. The molecule has 1 aromatic rings. The van der Waals surface area contributed by atoms with Crippen LogP contribution in [0, 0.1) is 13.8 Å². The number of nitrogens with zero attached hydrogens (tertiary/aromatic N) is 1. The van der Waals surface area contributed by atoms with Crippen molar-refractivity contribution in [3.63, 3.8) is 0 Å². The third-order valence-electron chi connectivity index (χ3n) is 3.00. The van der Waals surface area contributed by atoms with Gasteiger partial charge in [-0.25, -0.2) is 0 Å². The topological polar surface area (TPSA) is 65.2 Å². The lowest BCUT2D eigenvalue weighted by atomic mass is 10.1. The van der Waals surface area contributed by atoms with E-state index >= 15 is 0 Å². The number of ketones is 1. The number of aromatic nitrogens is 1. The molecule has 0 saturated heterocycles. The molecule has 0 atom stereocenters. The van der Waals surface area contributed by atoms with Gasteiger partial charge in [0.2, 0.25) is 5.91 Å². The molecule has 0 fully saturated rings. The van der Waals surface area contributed by atoms with Crippen molar-refractivity contribution in [2.75, 3.05) is 26.7 Å². The third kappa shape index (κ3) is 4.52. The quantitative estimate of drug-likeness (QED) is 0.730. The maximum atomic E-state index is 12.2. The zero-order valence-electron chi connectivity index (χ0n) is 12.2. The second kappa shape index (κ2) is 7.09. The van der Waals surface area contributed by atoms with E-state index in [2.05, 4.69) is 10.3 Å². The highest BCUT2D eigenvalue weighted by Gasteiger charge is 2.17. The van der Waals surface area contributed by atoms with Crippen LogP contribution in [0.3, 0.4) is 0 Å². The Morgan fingerprint density at radius 2 is 2.00 bits per heavy atom. The fraction of sp³-hybridized carbons (Fsp3) is 0.571. The van der Waals surface area contributed by atoms with Gasteiger partial charge >= 0.3 is 0 Å². The second-order valence-electron chi connectivity index (χ2n) is 4.80. The molecule has 19 heavy (non-hydrogen) atoms. The van der Waals surface area contributed by atoms with Crippen molar-refractivity contribution in [2.45, 2.75) is 27.2 Å². The number of Topliss-reactive ketones (excluding diaryl/α,β-unsaturated/α-hetero) is 1. The summed E-state index contributed by atoms with van der Waals surface area (Å²) in [6.07, 6.45) is 0.912. The number of carbonyl (C=O) groups excluding carboxylic acids is 2. The fourth-order valence-corrected chi connectivity index (χ4v) is 2.11. The van der Waals surface area contributed by atoms with E-state index < -0.39 is 0 Å². The predicted octanol–water partition coefficient (Wildman–Crippen LogP) is 1.27. The predicted molar refractivity (Wildman–Crippen MR) is 75.4 cm³/mol. The van der Waals surface area contributed by atoms with Gasteiger partial charge in [0.05, 0.1) is 13.1 Å². The summed E-state index contributed by atoms with van der Waals surface area (Å²) in [5, 5.41) is 2.58. The number of H-pyrrole nitrogens is 1. The first-order valence-electron chi connectivity index (χ1n) is 6.60. The molecule has 0 unspecified atom stereocenters. The maximum Gasteiger partial charge on any atom is 0.233 e. The summed E-state index contributed by atoms with van der Waals surface area (Å²) in [5.74, 6) is -0.0116. The molecule has 106 valence electrons. The summed E-state index contributed by atoms with van der Waals surface area (Å²) >= 11 is 0. The minimum absolute atomic E-state index is 0.0548. The maximum absolute atomic E-state index is 12.2. The van der Waals surface area contributed by atoms with Crippen LogP contribution < -0.4 is 5.32 Å². The minimum Gasteiger partial charge on any atom is -0.362 e. The standard InChI is InChI=1S/C14H23N3O2/c1-5-6-17(9-14(19)15-4)8-13(18)12-7-10(2)16-11(12)3/h7,16H,5-6,8-9H2,1-4H3,(H,15,19). The number of nitrogens with one attached hydrogen (secondary N) is 2. The molecule has 0 bridgehead atoms. The Balaban J connectivity index is 2.70. The second-order valence-corrected chi connectivity index (χ2v) is 4.80. The van der Waals surface area contributed by atoms with Crippen LogP contribution in [0.15, 0.2) is 6.07 Å². The molecule has 1 rings (SSSR count). The lowest BCUT2D eigenvalue weighted by molar-refractivity contribution is -0.121. The van der Waals surface area contributed by atoms with E-state index in [1.54, 1.807) is 7.05 Å². The highest BCUT2D eigenvalue weighted by atomic mass is 16.2. The van der Waals surface area contributed by atoms with Gasteiger partial charge in [-0.15, -0.1) is 0 Å². The molecule has 0 saturated carbocycles. The molecule has 0 spiro atoms. The molecule has 0 radical (unpaired) electrons. The van der Waals surface area contributed by atoms with Gasteiger partial charge in [0.25, 0.3) is 0 Å². The monoisotopic (exact) mass is 265 g/mol. The molecule has 0 aliphatic carbocycles. The van der Waals surface area contributed by atoms with Crippen LogP contribution in [0.2, 0.25) is 0 Å². The summed E-state index contributed by atoms with van der Waals surface area (Å²) in [7, 11) is 1.61. The van der Waals surface area contributed by atoms with Crippen LogP contribution in [0.5, 0.6) is 0 Å². The average molecular weight is 265 g/mol. The van der Waals surface area contributed by atoms with Gasteiger partial charge in [0.15, 0.2) is 5.78 Å². The van der Waals surface area contributed by atoms with E-state index in [9.17, 15) is 9.59 Å². The van der Waals surface area contributed by atoms with Gasteiger partial charge in [-0.1, -0.05) is 6.92 Å². The molecular weight excluding hydrogens is 242 g/mol. The summed E-state index contributed by atoms with van der Waals surface area (Å²) in [6, 6.07) is 1.86. The van der Waals surface area contributed by atoms with Crippen LogP contribution in [-0.4, -0.2) is 48.3 Å². The molecule has 5 nitrogen and oxygen atoms in total. The molecule has 0 aliphatic heterocycles. The Hall–Kier alpha value is -1.62. The zero-order chi connectivity index (χ0) is 14.4. The molecule has 1 aromatic heterocycles. The van der Waals surface area contributed by atoms with Crippen molar-refractivity contribution >= 4 is 11.7 Å². The Morgan fingerprint density at radius 1 is 1.32 bits per heavy atom. The summed E-state index contributed by atoms with van der Waals surface area (Å²) in [5.41, 5.74) is 2.59. The van der Waals surface area contributed by atoms with Crippen molar-refractivity contribution in [1.82, 2.24) is 15.2 Å². The Morgan fingerprint density at radius 3 is 2.47 bits per heavy atom. The first-order chi connectivity index (χ1) is 8.97. The van der Waals surface area contributed by atoms with Crippen LogP contribution >= 0.6 is 0 Å². The number of hydrogen-bond donors (Lipinski definition) is 2. The van der Waals surface area contributed by atoms with E-state index in [0.29, 0.717) is 0 Å². The van der Waals surface area contributed by atoms with Crippen molar-refractivity contribution < 1.29 is 9.59 Å². The van der Waals surface area contributed by atoms with Gasteiger partial charge in [-0.2, -0.15) is 0 Å². The van der Waals surface area contributed by atoms with E-state index in [0.717, 1.165) is 29.9 Å². The molecule has 1 heterocycles. The van der Waals surface area contributed by atoms with Crippen LogP contribution in [-0.2, 0) is 4.79 Å². The van der Waals surface area contributed by atoms with Gasteiger partial charge in [0.1, 0.15) is 0 Å². The highest BCUT2D eigenvalue weighted by molar-refractivity contribution is 5.99. The zero-order valence-corrected chi connectivity index (χ0v) is 12.2. The smallest absolute Gasteiger partial charge is 0.233 e. The number of likely N-dealkylation sites (N-methyl/N-ethyl adjacent to an activating group) is 1. The lowest BCUT2D eigenvalue weighted by Crippen LogP contribution is -2.39. The summed E-state index contributed by atoms with van der Waals surface area (Å²) in [4.78, 5) is 28.7. The van der Waals surface area contributed by atoms with Gasteiger partial charge < -0.3 is 10.3 Å². The molecule has 1 amide bonds. The highest BCUT2D eigenvalue weighted by Crippen LogP contribution is 2.11. The number of aromatic amines is 1. The lowest BCUT2D eigenvalue weighted by Gasteiger charge is -2.19. The number of hydrogen-bond acceptors (Lipinski definition) is 3. The van der Waals surface area contributed by atoms with E-state index in [1.165, 1.54) is 0 Å². The Kier molecular flexibility index (Phi) is 5.76. The van der Waals surface area contributed by atoms with Crippen molar-refractivity contribution in [2.24, 2.45) is 0 Å². The molecular formula is C14H23N3O2. The number of amides is 1. The minimum atomic E-state index is -0.0665. The molecule has 5 heteroatoms. The van der Waals surface area contributed by atoms with Gasteiger partial charge in [-0.3, -0.25) is 14.5 Å². The van der Waals surface area contributed by atoms with Crippen molar-refractivity contribution in [1.29, 1.82) is 0 Å². The van der Waals surface area contributed by atoms with Crippen molar-refractivity contribution in [3.8, 4) is 0 Å². The van der Waals surface area contributed by atoms with E-state index in [1.807, 2.05) is 31.7 Å². The Labute approximate surface area is 114 Å². The fourth-order valence-electron chi connectivity index (χ4n) is 2.11. The number of carbonyl (C=O) groups is 2. The SMILES string of the molecule is CCCN(CC(=O)NC)CC(=O)c1cc(C)[nH]c1C. The first kappa shape index (κ1) is 15.4. The number of rotatable bonds is 7. The van der Waals surface area contributed by atoms with E-state index in [-0.39, 0.29) is 24.8 Å². The van der Waals surface area contributed by atoms with Crippen molar-refractivity contribution in [3.05, 3.63) is 23.0 Å². The van der Waals surface area contributed by atoms with E-state index in [4.69, 9.17) is 0 Å². The molecule has 2 N–H and O–H groups in total.